The van der Waals surface area contributed by atoms with E-state index in [4.69, 9.17) is 10.9 Å². The molecule has 0 bridgehead atoms. The second-order valence-electron chi connectivity index (χ2n) is 2.89. The summed E-state index contributed by atoms with van der Waals surface area (Å²) in [6, 6.07) is 0. The van der Waals surface area contributed by atoms with Crippen molar-refractivity contribution in [2.45, 2.75) is 12.8 Å². The minimum Gasteiger partial charge on any atom is -0.368 e. The van der Waals surface area contributed by atoms with E-state index in [1.165, 1.54) is 0 Å². The lowest BCUT2D eigenvalue weighted by atomic mass is 10.3. The maximum absolute atomic E-state index is 8.27. The van der Waals surface area contributed by atoms with E-state index < -0.39 is 0 Å². The van der Waals surface area contributed by atoms with Crippen LogP contribution in [0.5, 0.6) is 0 Å². The Kier molecular flexibility index (Phi) is 6.41. The molecule has 0 saturated heterocycles. The molecule has 0 radical (unpaired) electrons. The van der Waals surface area contributed by atoms with Crippen LogP contribution >= 0.6 is 0 Å². The van der Waals surface area contributed by atoms with Gasteiger partial charge in [-0.2, -0.15) is 0 Å². The lowest BCUT2D eigenvalue weighted by Crippen LogP contribution is -2.28. The van der Waals surface area contributed by atoms with Gasteiger partial charge in [-0.3, -0.25) is 10.2 Å². The van der Waals surface area contributed by atoms with Gasteiger partial charge in [0.05, 0.1) is 0 Å². The van der Waals surface area contributed by atoms with Gasteiger partial charge in [0.25, 0.3) is 0 Å². The van der Waals surface area contributed by atoms with Crippen molar-refractivity contribution in [3.8, 4) is 0 Å². The van der Waals surface area contributed by atoms with E-state index in [0.29, 0.717) is 6.54 Å². The van der Waals surface area contributed by atoms with Gasteiger partial charge in [0.2, 0.25) is 5.96 Å². The summed E-state index contributed by atoms with van der Waals surface area (Å²) < 4.78 is 0. The smallest absolute Gasteiger partial charge is 0.212 e. The maximum atomic E-state index is 8.27. The number of rotatable bonds is 5. The highest BCUT2D eigenvalue weighted by Gasteiger charge is 1.90. The van der Waals surface area contributed by atoms with Crippen molar-refractivity contribution in [1.82, 2.24) is 10.4 Å². The van der Waals surface area contributed by atoms with Crippen LogP contribution in [-0.4, -0.2) is 43.3 Å². The fraction of sp³-hybridized carbons (Fsp3) is 0.857. The van der Waals surface area contributed by atoms with Gasteiger partial charge < -0.3 is 10.6 Å². The Morgan fingerprint density at radius 1 is 1.50 bits per heavy atom. The summed E-state index contributed by atoms with van der Waals surface area (Å²) in [5.74, 6) is 0.0832. The van der Waals surface area contributed by atoms with Crippen molar-refractivity contribution in [3.05, 3.63) is 0 Å². The summed E-state index contributed by atoms with van der Waals surface area (Å²) >= 11 is 0. The van der Waals surface area contributed by atoms with Gasteiger partial charge in [-0.1, -0.05) is 0 Å². The van der Waals surface area contributed by atoms with Crippen LogP contribution in [0.4, 0.5) is 0 Å². The van der Waals surface area contributed by atoms with Gasteiger partial charge in [0.15, 0.2) is 0 Å². The molecule has 0 unspecified atom stereocenters. The van der Waals surface area contributed by atoms with E-state index in [1.807, 2.05) is 14.1 Å². The molecule has 4 N–H and O–H groups in total. The van der Waals surface area contributed by atoms with Gasteiger partial charge in [0.1, 0.15) is 0 Å². The van der Waals surface area contributed by atoms with Crippen LogP contribution in [0.1, 0.15) is 12.8 Å². The summed E-state index contributed by atoms with van der Waals surface area (Å²) in [4.78, 5) is 5.98. The van der Waals surface area contributed by atoms with Crippen molar-refractivity contribution in [3.63, 3.8) is 0 Å². The fourth-order valence-corrected chi connectivity index (χ4v) is 0.775. The number of hydrogen-bond donors (Lipinski definition) is 3. The monoisotopic (exact) mass is 174 g/mol. The first-order valence-electron chi connectivity index (χ1n) is 4.01. The third kappa shape index (κ3) is 7.30. The molecule has 0 spiro atoms. The predicted octanol–water partition coefficient (Wildman–Crippen LogP) is -0.378. The molecule has 0 heterocycles. The van der Waals surface area contributed by atoms with E-state index in [9.17, 15) is 0 Å². The average molecular weight is 174 g/mol. The molecule has 0 aliphatic carbocycles. The van der Waals surface area contributed by atoms with E-state index in [2.05, 4.69) is 9.89 Å². The number of nitrogens with one attached hydrogen (secondary N) is 1. The first-order chi connectivity index (χ1) is 5.66. The summed E-state index contributed by atoms with van der Waals surface area (Å²) in [5, 5.41) is 8.27. The fourth-order valence-electron chi connectivity index (χ4n) is 0.775. The summed E-state index contributed by atoms with van der Waals surface area (Å²) in [6.45, 7) is 1.72. The summed E-state index contributed by atoms with van der Waals surface area (Å²) in [5.41, 5.74) is 6.98. The predicted molar refractivity (Wildman–Crippen MR) is 49.2 cm³/mol. The Morgan fingerprint density at radius 3 is 2.67 bits per heavy atom. The zero-order chi connectivity index (χ0) is 9.40. The van der Waals surface area contributed by atoms with Crippen molar-refractivity contribution in [2.75, 3.05) is 27.2 Å². The highest BCUT2D eigenvalue weighted by atomic mass is 16.5. The van der Waals surface area contributed by atoms with Crippen LogP contribution in [0, 0.1) is 0 Å². The Labute approximate surface area is 73.2 Å². The number of hydroxylamine groups is 1. The minimum atomic E-state index is 0.0832. The summed E-state index contributed by atoms with van der Waals surface area (Å²) in [6.07, 6.45) is 2.08. The van der Waals surface area contributed by atoms with Crippen LogP contribution in [-0.2, 0) is 0 Å². The summed E-state index contributed by atoms with van der Waals surface area (Å²) in [7, 11) is 4.07. The number of nitrogens with two attached hydrogens (primary N) is 1. The molecule has 0 saturated carbocycles. The first-order valence-corrected chi connectivity index (χ1v) is 4.01. The number of hydrogen-bond acceptors (Lipinski definition) is 3. The van der Waals surface area contributed by atoms with Crippen LogP contribution in [0.2, 0.25) is 0 Å². The third-order valence-electron chi connectivity index (χ3n) is 1.41. The highest BCUT2D eigenvalue weighted by molar-refractivity contribution is 5.76. The molecule has 0 fully saturated rings. The topological polar surface area (TPSA) is 73.9 Å². The van der Waals surface area contributed by atoms with Crippen LogP contribution < -0.4 is 11.2 Å². The Hall–Kier alpha value is -0.810. The van der Waals surface area contributed by atoms with Gasteiger partial charge in [-0.25, -0.2) is 5.48 Å². The van der Waals surface area contributed by atoms with Crippen LogP contribution in [0.3, 0.4) is 0 Å². The molecule has 72 valence electrons. The number of aliphatic imine (C=N–C) groups is 1. The molecule has 0 aromatic heterocycles. The Bertz CT molecular complexity index is 135. The van der Waals surface area contributed by atoms with Gasteiger partial charge in [-0.15, -0.1) is 0 Å². The second kappa shape index (κ2) is 6.87. The Morgan fingerprint density at radius 2 is 2.17 bits per heavy atom. The minimum absolute atomic E-state index is 0.0832. The van der Waals surface area contributed by atoms with Crippen LogP contribution in [0.15, 0.2) is 4.99 Å². The molecule has 0 aromatic carbocycles. The zero-order valence-corrected chi connectivity index (χ0v) is 7.75. The molecule has 5 nitrogen and oxygen atoms in total. The standard InChI is InChI=1S/C7H18N4O/c1-11(2)6-4-3-5-9-7(8)10-12/h12H,3-6H2,1-2H3,(H3,8,9,10). The van der Waals surface area contributed by atoms with Gasteiger partial charge in [-0.05, 0) is 33.5 Å². The molecule has 0 atom stereocenters. The molecule has 0 rings (SSSR count). The van der Waals surface area contributed by atoms with E-state index >= 15 is 0 Å². The maximum Gasteiger partial charge on any atom is 0.212 e. The number of unbranched alkanes of at least 4 members (excludes halogenated alkanes) is 1. The number of guanidine groups is 1. The molecule has 0 aliphatic rings. The van der Waals surface area contributed by atoms with E-state index in [1.54, 1.807) is 5.48 Å². The molecule has 5 heteroatoms. The lowest BCUT2D eigenvalue weighted by Gasteiger charge is -2.07. The van der Waals surface area contributed by atoms with Crippen LogP contribution in [0.25, 0.3) is 0 Å². The van der Waals surface area contributed by atoms with Gasteiger partial charge >= 0.3 is 0 Å². The first kappa shape index (κ1) is 11.2. The van der Waals surface area contributed by atoms with Crippen molar-refractivity contribution >= 4 is 5.96 Å². The largest absolute Gasteiger partial charge is 0.368 e. The lowest BCUT2D eigenvalue weighted by molar-refractivity contribution is 0.232. The van der Waals surface area contributed by atoms with Crippen molar-refractivity contribution < 1.29 is 5.21 Å². The molecular formula is C7H18N4O. The van der Waals surface area contributed by atoms with E-state index in [-0.39, 0.29) is 5.96 Å². The second-order valence-corrected chi connectivity index (χ2v) is 2.89. The molecule has 0 aromatic rings. The van der Waals surface area contributed by atoms with Crippen molar-refractivity contribution in [1.29, 1.82) is 0 Å². The quantitative estimate of drug-likeness (QED) is 0.230. The normalized spacial score (nSPS) is 12.2. The van der Waals surface area contributed by atoms with E-state index in [0.717, 1.165) is 19.4 Å². The SMILES string of the molecule is CN(C)CCCCN=C(N)NO. The average Bonchev–Trinajstić information content (AvgIpc) is 2.03. The Balaban J connectivity index is 3.21. The molecule has 0 aliphatic heterocycles. The molecule has 12 heavy (non-hydrogen) atoms. The molecule has 0 amide bonds. The molecular weight excluding hydrogens is 156 g/mol. The third-order valence-corrected chi connectivity index (χ3v) is 1.41. The highest BCUT2D eigenvalue weighted by Crippen LogP contribution is 1.90. The number of nitrogens with zero attached hydrogens (tertiary/aromatic N) is 2. The van der Waals surface area contributed by atoms with Gasteiger partial charge in [0, 0.05) is 6.54 Å². The van der Waals surface area contributed by atoms with Crippen molar-refractivity contribution in [2.24, 2.45) is 10.7 Å². The zero-order valence-electron chi connectivity index (χ0n) is 7.75.